The van der Waals surface area contributed by atoms with Crippen LogP contribution in [0.4, 0.5) is 34.6 Å². The summed E-state index contributed by atoms with van der Waals surface area (Å²) in [7, 11) is -18.4. The zero-order chi connectivity index (χ0) is 38.9. The van der Waals surface area contributed by atoms with Crippen molar-refractivity contribution in [2.24, 2.45) is 10.2 Å². The Labute approximate surface area is 385 Å². The van der Waals surface area contributed by atoms with Crippen molar-refractivity contribution in [3.8, 4) is 11.8 Å². The number of nitrogens with one attached hydrogen (secondary N) is 2. The minimum Gasteiger partial charge on any atom is -0.870 e. The molecule has 5 aromatic rings. The first-order valence-corrected chi connectivity index (χ1v) is 20.1. The molecule has 0 atom stereocenters. The summed E-state index contributed by atoms with van der Waals surface area (Å²) in [5, 5.41) is 34.3. The van der Waals surface area contributed by atoms with Crippen molar-refractivity contribution < 1.29 is 151 Å². The summed E-state index contributed by atoms with van der Waals surface area (Å²) in [6.07, 6.45) is 0. The van der Waals surface area contributed by atoms with Crippen molar-refractivity contribution in [2.75, 3.05) is 30.1 Å². The van der Waals surface area contributed by atoms with Gasteiger partial charge in [-0.2, -0.15) is 23.4 Å². The minimum absolute atomic E-state index is 0. The van der Waals surface area contributed by atoms with Crippen LogP contribution >= 0.6 is 0 Å². The second-order valence-electron chi connectivity index (χ2n) is 10.5. The molecule has 280 valence electrons. The number of methoxy groups -OCH3 is 1. The number of fused-ring (bicyclic) bond motifs is 1. The number of rotatable bonds is 13. The van der Waals surface area contributed by atoms with E-state index in [9.17, 15) is 52.4 Å². The van der Waals surface area contributed by atoms with Crippen LogP contribution in [-0.2, 0) is 40.2 Å². The molecular weight excluding hydrogens is 856 g/mol. The van der Waals surface area contributed by atoms with Gasteiger partial charge < -0.3 is 34.7 Å². The number of anilines is 4. The largest absolute Gasteiger partial charge is 1.00 e. The predicted molar refractivity (Wildman–Crippen MR) is 178 cm³/mol. The number of azo groups is 1. The molecule has 56 heavy (non-hydrogen) atoms. The standard InChI is InChI=1S/C28H25N7O14S4.3Na/c1-49-28-32-26(29-16-6-8-17(9-7-16)50(38,39)11-10-36)31-27(33-28)30-20-14-18(51(40,41)42)12-15-13-22(53(46,47)48)24(25(37)23(15)20)35-34-19-4-2-3-5-21(19)52(43,44)45;;;/h2-9,12-14,36-37H,10-11H2,1H3,(H,40,41,42)(H,43,44,45)(H,46,47,48)(H2,29,30,31,32,33);;;/q;3*+1/p-3. The van der Waals surface area contributed by atoms with Crippen LogP contribution in [-0.4, -0.2) is 86.9 Å². The quantitative estimate of drug-likeness (QED) is 0.0485. The summed E-state index contributed by atoms with van der Waals surface area (Å²) in [4.78, 5) is 8.94. The third-order valence-corrected chi connectivity index (χ3v) is 11.2. The number of nitrogens with zero attached hydrogens (tertiary/aromatic N) is 5. The first-order valence-electron chi connectivity index (χ1n) is 14.2. The van der Waals surface area contributed by atoms with Crippen molar-refractivity contribution in [1.82, 2.24) is 15.0 Å². The Bertz CT molecular complexity index is 2750. The van der Waals surface area contributed by atoms with Gasteiger partial charge in [0, 0.05) is 11.4 Å². The molecule has 0 spiro atoms. The van der Waals surface area contributed by atoms with Crippen molar-refractivity contribution in [3.05, 3.63) is 66.7 Å². The third kappa shape index (κ3) is 11.8. The monoisotopic (exact) mass is 877 g/mol. The molecule has 0 radical (unpaired) electrons. The van der Waals surface area contributed by atoms with Crippen molar-refractivity contribution in [1.29, 1.82) is 0 Å². The van der Waals surface area contributed by atoms with E-state index in [0.717, 1.165) is 12.1 Å². The molecule has 0 aliphatic heterocycles. The molecule has 0 saturated heterocycles. The van der Waals surface area contributed by atoms with Gasteiger partial charge in [-0.15, -0.1) is 10.2 Å². The number of aromatic nitrogens is 3. The molecule has 0 aliphatic carbocycles. The van der Waals surface area contributed by atoms with Gasteiger partial charge in [0.2, 0.25) is 11.9 Å². The maximum atomic E-state index is 13.9. The van der Waals surface area contributed by atoms with Crippen LogP contribution in [0.2, 0.25) is 0 Å². The third-order valence-electron chi connectivity index (χ3n) is 6.94. The summed E-state index contributed by atoms with van der Waals surface area (Å²) in [5.41, 5.74) is -1.99. The fourth-order valence-corrected chi connectivity index (χ4v) is 7.45. The van der Waals surface area contributed by atoms with Gasteiger partial charge in [0.15, 0.2) is 9.84 Å². The molecule has 0 unspecified atom stereocenters. The van der Waals surface area contributed by atoms with E-state index in [1.807, 2.05) is 0 Å². The van der Waals surface area contributed by atoms with Gasteiger partial charge in [0.1, 0.15) is 30.8 Å². The average molecular weight is 878 g/mol. The maximum Gasteiger partial charge on any atom is 1.00 e. The van der Waals surface area contributed by atoms with E-state index in [1.165, 1.54) is 43.5 Å². The summed E-state index contributed by atoms with van der Waals surface area (Å²) < 4.78 is 136. The first kappa shape index (κ1) is 49.7. The predicted octanol–water partition coefficient (Wildman–Crippen LogP) is -7.16. The number of sulfone groups is 1. The van der Waals surface area contributed by atoms with E-state index in [0.29, 0.717) is 18.2 Å². The van der Waals surface area contributed by atoms with Gasteiger partial charge in [-0.05, 0) is 65.4 Å². The molecule has 28 heteroatoms. The SMILES string of the molecule is COc1nc(Nc2ccc(S(=O)(=O)CCO)cc2)nc(Nc2cc(S(=O)(=O)[O-])cc3cc(S(=O)(=O)O)c(N=Nc4ccccc4S(=O)(=O)[O-])c([O-])c23)n1.[Na+].[Na+].[Na+]. The Morgan fingerprint density at radius 1 is 0.750 bits per heavy atom. The molecule has 0 bridgehead atoms. The first-order chi connectivity index (χ1) is 24.7. The Balaban J connectivity index is 0.00000361. The average Bonchev–Trinajstić information content (AvgIpc) is 3.06. The number of hydrogen-bond acceptors (Lipinski definition) is 20. The molecule has 1 heterocycles. The van der Waals surface area contributed by atoms with E-state index in [4.69, 9.17) is 9.84 Å². The Kier molecular flexibility index (Phi) is 17.4. The molecule has 0 saturated carbocycles. The summed E-state index contributed by atoms with van der Waals surface area (Å²) in [6, 6.07) is 11.1. The van der Waals surface area contributed by atoms with E-state index >= 15 is 0 Å². The molecule has 4 N–H and O–H groups in total. The van der Waals surface area contributed by atoms with Crippen molar-refractivity contribution in [3.63, 3.8) is 0 Å². The van der Waals surface area contributed by atoms with Gasteiger partial charge in [0.25, 0.3) is 10.1 Å². The van der Waals surface area contributed by atoms with Crippen LogP contribution in [0.1, 0.15) is 0 Å². The Morgan fingerprint density at radius 2 is 1.36 bits per heavy atom. The smallest absolute Gasteiger partial charge is 0.870 e. The van der Waals surface area contributed by atoms with Crippen molar-refractivity contribution in [2.45, 2.75) is 19.6 Å². The summed E-state index contributed by atoms with van der Waals surface area (Å²) >= 11 is 0. The van der Waals surface area contributed by atoms with Gasteiger partial charge in [-0.25, -0.2) is 25.3 Å². The van der Waals surface area contributed by atoms with Crippen LogP contribution in [0, 0.1) is 0 Å². The normalized spacial score (nSPS) is 11.9. The molecule has 5 rings (SSSR count). The van der Waals surface area contributed by atoms with Crippen LogP contribution < -0.4 is 109 Å². The molecule has 0 fully saturated rings. The summed E-state index contributed by atoms with van der Waals surface area (Å²) in [6.45, 7) is -0.591. The van der Waals surface area contributed by atoms with Crippen LogP contribution in [0.25, 0.3) is 10.8 Å². The zero-order valence-corrected chi connectivity index (χ0v) is 38.7. The van der Waals surface area contributed by atoms with Crippen molar-refractivity contribution >= 4 is 85.6 Å². The molecule has 0 aliphatic rings. The Hall–Kier alpha value is -2.41. The minimum atomic E-state index is -5.35. The zero-order valence-electron chi connectivity index (χ0n) is 29.4. The van der Waals surface area contributed by atoms with Gasteiger partial charge >= 0.3 is 94.7 Å². The van der Waals surface area contributed by atoms with Crippen LogP contribution in [0.5, 0.6) is 11.8 Å². The van der Waals surface area contributed by atoms with Gasteiger partial charge in [0.05, 0.1) is 39.8 Å². The molecular formula is C28H22N7Na3O14S4. The van der Waals surface area contributed by atoms with E-state index in [2.05, 4.69) is 35.8 Å². The number of benzene rings is 4. The van der Waals surface area contributed by atoms with Gasteiger partial charge in [-0.1, -0.05) is 17.9 Å². The second-order valence-corrected chi connectivity index (χ2v) is 16.7. The maximum absolute atomic E-state index is 13.9. The molecule has 4 aromatic carbocycles. The van der Waals surface area contributed by atoms with E-state index in [1.54, 1.807) is 0 Å². The van der Waals surface area contributed by atoms with Crippen LogP contribution in [0.3, 0.4) is 0 Å². The fourth-order valence-electron chi connectivity index (χ4n) is 4.63. The topological polar surface area (TPSA) is 343 Å². The summed E-state index contributed by atoms with van der Waals surface area (Å²) in [5.74, 6) is -2.57. The molecule has 0 amide bonds. The molecule has 1 aromatic heterocycles. The van der Waals surface area contributed by atoms with E-state index < -0.39 is 107 Å². The Morgan fingerprint density at radius 3 is 1.91 bits per heavy atom. The second kappa shape index (κ2) is 19.6. The number of ether oxygens (including phenoxy) is 1. The fraction of sp³-hybridized carbons (Fsp3) is 0.107. The van der Waals surface area contributed by atoms with Gasteiger partial charge in [-0.3, -0.25) is 4.55 Å². The number of hydrogen-bond donors (Lipinski definition) is 4. The molecule has 21 nitrogen and oxygen atoms in total. The number of aliphatic hydroxyl groups is 1. The number of aliphatic hydroxyl groups excluding tert-OH is 1. The van der Waals surface area contributed by atoms with Crippen LogP contribution in [0.15, 0.2) is 96.5 Å². The van der Waals surface area contributed by atoms with E-state index in [-0.39, 0.29) is 111 Å².